The van der Waals surface area contributed by atoms with Gasteiger partial charge in [0.2, 0.25) is 0 Å². The summed E-state index contributed by atoms with van der Waals surface area (Å²) in [7, 11) is -3.27. The molecule has 0 N–H and O–H groups in total. The van der Waals surface area contributed by atoms with E-state index >= 15 is 0 Å². The quantitative estimate of drug-likeness (QED) is 0.838. The molecular formula is C10H14BrNO2S2. The smallest absolute Gasteiger partial charge is 0.206 e. The van der Waals surface area contributed by atoms with Crippen molar-refractivity contribution in [2.45, 2.75) is 36.4 Å². The van der Waals surface area contributed by atoms with Crippen LogP contribution in [0.1, 0.15) is 26.2 Å². The van der Waals surface area contributed by atoms with Crippen LogP contribution in [-0.2, 0) is 10.0 Å². The van der Waals surface area contributed by atoms with Crippen molar-refractivity contribution in [3.8, 4) is 0 Å². The first-order valence-corrected chi connectivity index (χ1v) is 8.34. The summed E-state index contributed by atoms with van der Waals surface area (Å²) in [6, 6.07) is 3.58. The summed E-state index contributed by atoms with van der Waals surface area (Å²) in [4.78, 5) is 0. The Hall–Kier alpha value is 0.0900. The van der Waals surface area contributed by atoms with Crippen LogP contribution < -0.4 is 0 Å². The molecule has 0 radical (unpaired) electrons. The second-order valence-corrected chi connectivity index (χ2v) is 8.60. The molecule has 16 heavy (non-hydrogen) atoms. The molecule has 1 atom stereocenters. The molecule has 0 bridgehead atoms. The summed E-state index contributed by atoms with van der Waals surface area (Å²) in [6.07, 6.45) is 3.06. The first kappa shape index (κ1) is 12.5. The zero-order chi connectivity index (χ0) is 11.8. The van der Waals surface area contributed by atoms with Crippen molar-refractivity contribution in [1.29, 1.82) is 0 Å². The molecule has 0 spiro atoms. The summed E-state index contributed by atoms with van der Waals surface area (Å²) in [6.45, 7) is 2.64. The van der Waals surface area contributed by atoms with Gasteiger partial charge >= 0.3 is 0 Å². The Morgan fingerprint density at radius 2 is 2.19 bits per heavy atom. The van der Waals surface area contributed by atoms with Crippen molar-refractivity contribution in [2.75, 3.05) is 6.54 Å². The molecule has 1 aliphatic rings. The minimum Gasteiger partial charge on any atom is -0.206 e. The van der Waals surface area contributed by atoms with E-state index in [1.54, 1.807) is 16.4 Å². The van der Waals surface area contributed by atoms with Crippen LogP contribution in [-0.4, -0.2) is 25.3 Å². The molecule has 0 aromatic carbocycles. The Labute approximate surface area is 109 Å². The molecule has 0 unspecified atom stereocenters. The zero-order valence-corrected chi connectivity index (χ0v) is 12.2. The summed E-state index contributed by atoms with van der Waals surface area (Å²) in [5.41, 5.74) is 0. The maximum Gasteiger partial charge on any atom is 0.252 e. The third-order valence-electron chi connectivity index (χ3n) is 2.85. The topological polar surface area (TPSA) is 37.4 Å². The van der Waals surface area contributed by atoms with Gasteiger partial charge in [-0.15, -0.1) is 11.3 Å². The highest BCUT2D eigenvalue weighted by Gasteiger charge is 2.31. The molecule has 2 heterocycles. The number of halogens is 1. The van der Waals surface area contributed by atoms with E-state index in [-0.39, 0.29) is 6.04 Å². The molecular weight excluding hydrogens is 310 g/mol. The Kier molecular flexibility index (Phi) is 3.73. The third kappa shape index (κ3) is 2.34. The second-order valence-electron chi connectivity index (χ2n) is 4.02. The van der Waals surface area contributed by atoms with Crippen molar-refractivity contribution in [3.63, 3.8) is 0 Å². The molecule has 1 aliphatic heterocycles. The van der Waals surface area contributed by atoms with Crippen LogP contribution in [0, 0.1) is 0 Å². The fourth-order valence-electron chi connectivity index (χ4n) is 1.98. The van der Waals surface area contributed by atoms with Gasteiger partial charge in [0, 0.05) is 12.6 Å². The molecule has 2 rings (SSSR count). The molecule has 1 fully saturated rings. The van der Waals surface area contributed by atoms with Crippen molar-refractivity contribution in [2.24, 2.45) is 0 Å². The first-order chi connectivity index (χ1) is 7.51. The number of rotatable bonds is 2. The number of sulfonamides is 1. The number of piperidine rings is 1. The third-order valence-corrected chi connectivity index (χ3v) is 6.96. The molecule has 0 saturated carbocycles. The Morgan fingerprint density at radius 3 is 2.75 bits per heavy atom. The minimum atomic E-state index is -3.27. The van der Waals surface area contributed by atoms with Crippen LogP contribution in [0.4, 0.5) is 0 Å². The molecule has 1 aromatic heterocycles. The van der Waals surface area contributed by atoms with Crippen LogP contribution in [0.25, 0.3) is 0 Å². The van der Waals surface area contributed by atoms with Crippen LogP contribution in [0.2, 0.25) is 0 Å². The van der Waals surface area contributed by atoms with E-state index in [1.807, 2.05) is 6.92 Å². The Balaban J connectivity index is 2.31. The molecule has 1 saturated heterocycles. The Bertz CT molecular complexity index is 469. The van der Waals surface area contributed by atoms with E-state index in [0.29, 0.717) is 10.8 Å². The zero-order valence-electron chi connectivity index (χ0n) is 9.02. The predicted molar refractivity (Wildman–Crippen MR) is 69.2 cm³/mol. The van der Waals surface area contributed by atoms with Gasteiger partial charge in [0.15, 0.2) is 0 Å². The molecule has 1 aromatic rings. The van der Waals surface area contributed by atoms with E-state index in [0.717, 1.165) is 23.0 Å². The number of hydrogen-bond acceptors (Lipinski definition) is 3. The lowest BCUT2D eigenvalue weighted by atomic mass is 10.1. The van der Waals surface area contributed by atoms with E-state index in [4.69, 9.17) is 0 Å². The summed E-state index contributed by atoms with van der Waals surface area (Å²) >= 11 is 4.58. The van der Waals surface area contributed by atoms with Crippen LogP contribution in [0.5, 0.6) is 0 Å². The van der Waals surface area contributed by atoms with Gasteiger partial charge in [-0.05, 0) is 47.8 Å². The summed E-state index contributed by atoms with van der Waals surface area (Å²) < 4.78 is 27.6. The van der Waals surface area contributed by atoms with Crippen molar-refractivity contribution < 1.29 is 8.42 Å². The van der Waals surface area contributed by atoms with Crippen LogP contribution >= 0.6 is 27.3 Å². The minimum absolute atomic E-state index is 0.125. The van der Waals surface area contributed by atoms with E-state index in [1.165, 1.54) is 11.3 Å². The van der Waals surface area contributed by atoms with Crippen molar-refractivity contribution in [1.82, 2.24) is 4.31 Å². The van der Waals surface area contributed by atoms with Gasteiger partial charge in [0.1, 0.15) is 4.21 Å². The molecule has 90 valence electrons. The number of thiophene rings is 1. The average molecular weight is 324 g/mol. The average Bonchev–Trinajstić information content (AvgIpc) is 2.66. The first-order valence-electron chi connectivity index (χ1n) is 5.29. The van der Waals surface area contributed by atoms with Gasteiger partial charge in [-0.25, -0.2) is 8.42 Å². The highest BCUT2D eigenvalue weighted by atomic mass is 79.9. The normalized spacial score (nSPS) is 23.5. The molecule has 6 heteroatoms. The van der Waals surface area contributed by atoms with Crippen LogP contribution in [0.15, 0.2) is 20.1 Å². The lowest BCUT2D eigenvalue weighted by Gasteiger charge is -2.31. The maximum atomic E-state index is 12.3. The van der Waals surface area contributed by atoms with Crippen molar-refractivity contribution in [3.05, 3.63) is 15.9 Å². The van der Waals surface area contributed by atoms with Gasteiger partial charge in [-0.2, -0.15) is 4.31 Å². The lowest BCUT2D eigenvalue weighted by Crippen LogP contribution is -2.41. The summed E-state index contributed by atoms with van der Waals surface area (Å²) in [5.74, 6) is 0. The highest BCUT2D eigenvalue weighted by Crippen LogP contribution is 2.31. The van der Waals surface area contributed by atoms with E-state index in [2.05, 4.69) is 15.9 Å². The predicted octanol–water partition coefficient (Wildman–Crippen LogP) is 3.07. The fourth-order valence-corrected chi connectivity index (χ4v) is 5.82. The van der Waals surface area contributed by atoms with E-state index < -0.39 is 10.0 Å². The summed E-state index contributed by atoms with van der Waals surface area (Å²) in [5, 5.41) is 0. The maximum absolute atomic E-state index is 12.3. The standard InChI is InChI=1S/C10H14BrNO2S2/c1-8-4-2-3-7-12(8)16(13,14)10-6-5-9(11)15-10/h5-6,8H,2-4,7H2,1H3/t8-/m0/s1. The monoisotopic (exact) mass is 323 g/mol. The van der Waals surface area contributed by atoms with Crippen molar-refractivity contribution >= 4 is 37.3 Å². The van der Waals surface area contributed by atoms with Crippen LogP contribution in [0.3, 0.4) is 0 Å². The molecule has 3 nitrogen and oxygen atoms in total. The second kappa shape index (κ2) is 4.76. The highest BCUT2D eigenvalue weighted by molar-refractivity contribution is 9.11. The molecule has 0 amide bonds. The van der Waals surface area contributed by atoms with Gasteiger partial charge in [0.05, 0.1) is 3.79 Å². The lowest BCUT2D eigenvalue weighted by molar-refractivity contribution is 0.269. The van der Waals surface area contributed by atoms with E-state index in [9.17, 15) is 8.42 Å². The fraction of sp³-hybridized carbons (Fsp3) is 0.600. The largest absolute Gasteiger partial charge is 0.252 e. The van der Waals surface area contributed by atoms with Gasteiger partial charge in [-0.3, -0.25) is 0 Å². The SMILES string of the molecule is C[C@H]1CCCCN1S(=O)(=O)c1ccc(Br)s1. The van der Waals surface area contributed by atoms with Gasteiger partial charge in [0.25, 0.3) is 10.0 Å². The molecule has 0 aliphatic carbocycles. The van der Waals surface area contributed by atoms with Gasteiger partial charge < -0.3 is 0 Å². The number of nitrogens with zero attached hydrogens (tertiary/aromatic N) is 1. The number of hydrogen-bond donors (Lipinski definition) is 0. The Morgan fingerprint density at radius 1 is 1.44 bits per heavy atom. The van der Waals surface area contributed by atoms with Gasteiger partial charge in [-0.1, -0.05) is 6.42 Å².